The number of nitrogens with one attached hydrogen (secondary N) is 1. The fraction of sp³-hybridized carbons (Fsp3) is 0.538. The quantitative estimate of drug-likeness (QED) is 0.455. The van der Waals surface area contributed by atoms with Gasteiger partial charge in [0.15, 0.2) is 0 Å². The molecule has 0 aliphatic carbocycles. The van der Waals surface area contributed by atoms with Crippen LogP contribution in [0.4, 0.5) is 8.78 Å². The van der Waals surface area contributed by atoms with Gasteiger partial charge in [0.05, 0.1) is 16.6 Å². The molecule has 1 aromatic rings. The van der Waals surface area contributed by atoms with Crippen molar-refractivity contribution in [3.63, 3.8) is 0 Å². The van der Waals surface area contributed by atoms with Crippen LogP contribution in [0.25, 0.3) is 0 Å². The van der Waals surface area contributed by atoms with Gasteiger partial charge in [-0.25, -0.2) is 8.78 Å². The minimum absolute atomic E-state index is 0.0937. The molecule has 0 radical (unpaired) electrons. The first kappa shape index (κ1) is 16.5. The summed E-state index contributed by atoms with van der Waals surface area (Å²) in [6.07, 6.45) is 1.12. The summed E-state index contributed by atoms with van der Waals surface area (Å²) >= 11 is 3.05. The number of rotatable bonds is 7. The number of hydrazine groups is 1. The molecule has 0 spiro atoms. The average Bonchev–Trinajstić information content (AvgIpc) is 2.39. The zero-order chi connectivity index (χ0) is 14.4. The fourth-order valence-corrected chi connectivity index (χ4v) is 2.39. The Kier molecular flexibility index (Phi) is 6.85. The van der Waals surface area contributed by atoms with Crippen molar-refractivity contribution >= 4 is 15.9 Å². The van der Waals surface area contributed by atoms with Crippen molar-refractivity contribution in [2.75, 3.05) is 6.61 Å². The smallest absolute Gasteiger partial charge is 0.145 e. The second kappa shape index (κ2) is 7.89. The standard InChI is InChI=1S/C13H19BrF2N2O/c1-3-5-10(19-4-2)13(18-17)11-9(15)7-6-8(14)12(11)16/h6-7,10,13,18H,3-5,17H2,1-2H3. The molecular formula is C13H19BrF2N2O. The average molecular weight is 337 g/mol. The third-order valence-electron chi connectivity index (χ3n) is 2.90. The van der Waals surface area contributed by atoms with Crippen LogP contribution < -0.4 is 11.3 Å². The van der Waals surface area contributed by atoms with E-state index in [4.69, 9.17) is 10.6 Å². The van der Waals surface area contributed by atoms with E-state index >= 15 is 0 Å². The lowest BCUT2D eigenvalue weighted by atomic mass is 9.97. The largest absolute Gasteiger partial charge is 0.376 e. The molecule has 3 N–H and O–H groups in total. The van der Waals surface area contributed by atoms with E-state index in [0.717, 1.165) is 6.42 Å². The molecule has 2 unspecified atom stereocenters. The van der Waals surface area contributed by atoms with E-state index in [-0.39, 0.29) is 16.1 Å². The first-order valence-corrected chi connectivity index (χ1v) is 7.07. The van der Waals surface area contributed by atoms with E-state index in [1.54, 1.807) is 0 Å². The van der Waals surface area contributed by atoms with Crippen molar-refractivity contribution in [1.29, 1.82) is 0 Å². The zero-order valence-electron chi connectivity index (χ0n) is 11.1. The Labute approximate surface area is 120 Å². The summed E-state index contributed by atoms with van der Waals surface area (Å²) < 4.78 is 33.8. The van der Waals surface area contributed by atoms with E-state index in [2.05, 4.69) is 21.4 Å². The van der Waals surface area contributed by atoms with Crippen molar-refractivity contribution in [3.05, 3.63) is 33.8 Å². The Hall–Kier alpha value is -0.560. The van der Waals surface area contributed by atoms with Gasteiger partial charge in [0, 0.05) is 12.2 Å². The van der Waals surface area contributed by atoms with Crippen LogP contribution in [0, 0.1) is 11.6 Å². The predicted octanol–water partition coefficient (Wildman–Crippen LogP) is 3.44. The summed E-state index contributed by atoms with van der Waals surface area (Å²) in [7, 11) is 0. The molecule has 0 saturated carbocycles. The van der Waals surface area contributed by atoms with Gasteiger partial charge in [0.2, 0.25) is 0 Å². The van der Waals surface area contributed by atoms with Crippen LogP contribution in [0.15, 0.2) is 16.6 Å². The second-order valence-corrected chi connectivity index (χ2v) is 5.04. The highest BCUT2D eigenvalue weighted by Crippen LogP contribution is 2.30. The minimum Gasteiger partial charge on any atom is -0.376 e. The molecule has 0 amide bonds. The summed E-state index contributed by atoms with van der Waals surface area (Å²) in [5, 5.41) is 0. The highest BCUT2D eigenvalue weighted by molar-refractivity contribution is 9.10. The van der Waals surface area contributed by atoms with E-state index in [9.17, 15) is 8.78 Å². The highest BCUT2D eigenvalue weighted by Gasteiger charge is 2.28. The molecular weight excluding hydrogens is 318 g/mol. The number of nitrogens with two attached hydrogens (primary N) is 1. The number of ether oxygens (including phenoxy) is 1. The van der Waals surface area contributed by atoms with Crippen molar-refractivity contribution in [1.82, 2.24) is 5.43 Å². The molecule has 1 rings (SSSR count). The first-order valence-electron chi connectivity index (χ1n) is 6.27. The molecule has 0 aliphatic rings. The van der Waals surface area contributed by atoms with Gasteiger partial charge < -0.3 is 4.74 Å². The molecule has 0 saturated heterocycles. The minimum atomic E-state index is -0.725. The lowest BCUT2D eigenvalue weighted by Gasteiger charge is -2.27. The molecule has 1 aromatic carbocycles. The first-order chi connectivity index (χ1) is 9.06. The maximum absolute atomic E-state index is 14.1. The molecule has 19 heavy (non-hydrogen) atoms. The van der Waals surface area contributed by atoms with Crippen molar-refractivity contribution < 1.29 is 13.5 Å². The highest BCUT2D eigenvalue weighted by atomic mass is 79.9. The van der Waals surface area contributed by atoms with Gasteiger partial charge in [-0.05, 0) is 41.4 Å². The lowest BCUT2D eigenvalue weighted by molar-refractivity contribution is 0.0257. The van der Waals surface area contributed by atoms with Gasteiger partial charge >= 0.3 is 0 Å². The van der Waals surface area contributed by atoms with Crippen LogP contribution in [0.2, 0.25) is 0 Å². The summed E-state index contributed by atoms with van der Waals surface area (Å²) in [6, 6.07) is 1.82. The van der Waals surface area contributed by atoms with Gasteiger partial charge in [0.1, 0.15) is 11.6 Å². The second-order valence-electron chi connectivity index (χ2n) is 4.18. The Morgan fingerprint density at radius 1 is 1.37 bits per heavy atom. The van der Waals surface area contributed by atoms with Crippen molar-refractivity contribution in [2.45, 2.75) is 38.8 Å². The number of hydrogen-bond donors (Lipinski definition) is 2. The summed E-state index contributed by atoms with van der Waals surface area (Å²) in [6.45, 7) is 4.27. The number of halogens is 3. The number of benzene rings is 1. The molecule has 2 atom stereocenters. The Morgan fingerprint density at radius 2 is 2.05 bits per heavy atom. The van der Waals surface area contributed by atoms with E-state index in [1.807, 2.05) is 13.8 Å². The molecule has 6 heteroatoms. The monoisotopic (exact) mass is 336 g/mol. The van der Waals surface area contributed by atoms with E-state index in [0.29, 0.717) is 13.0 Å². The van der Waals surface area contributed by atoms with Crippen LogP contribution in [-0.4, -0.2) is 12.7 Å². The zero-order valence-corrected chi connectivity index (χ0v) is 12.6. The Balaban J connectivity index is 3.17. The van der Waals surface area contributed by atoms with E-state index < -0.39 is 17.7 Å². The van der Waals surface area contributed by atoms with E-state index in [1.165, 1.54) is 12.1 Å². The SMILES string of the molecule is CCCC(OCC)C(NN)c1c(F)ccc(Br)c1F. The maximum atomic E-state index is 14.1. The molecule has 0 heterocycles. The van der Waals surface area contributed by atoms with Crippen LogP contribution in [0.3, 0.4) is 0 Å². The van der Waals surface area contributed by atoms with Crippen molar-refractivity contribution in [3.8, 4) is 0 Å². The predicted molar refractivity (Wildman–Crippen MR) is 74.4 cm³/mol. The summed E-state index contributed by atoms with van der Waals surface area (Å²) in [5.41, 5.74) is 2.38. The van der Waals surface area contributed by atoms with Gasteiger partial charge in [-0.2, -0.15) is 0 Å². The molecule has 3 nitrogen and oxygen atoms in total. The molecule has 0 aromatic heterocycles. The maximum Gasteiger partial charge on any atom is 0.145 e. The molecule has 0 aliphatic heterocycles. The topological polar surface area (TPSA) is 47.3 Å². The fourth-order valence-electron chi connectivity index (χ4n) is 2.05. The van der Waals surface area contributed by atoms with Crippen LogP contribution in [0.1, 0.15) is 38.3 Å². The summed E-state index contributed by atoms with van der Waals surface area (Å²) in [5.74, 6) is 4.19. The molecule has 0 fully saturated rings. The normalized spacial score (nSPS) is 14.4. The van der Waals surface area contributed by atoms with Gasteiger partial charge in [-0.3, -0.25) is 11.3 Å². The Bertz CT molecular complexity index is 412. The summed E-state index contributed by atoms with van der Waals surface area (Å²) in [4.78, 5) is 0. The van der Waals surface area contributed by atoms with Crippen LogP contribution in [0.5, 0.6) is 0 Å². The third-order valence-corrected chi connectivity index (χ3v) is 3.51. The van der Waals surface area contributed by atoms with Gasteiger partial charge in [-0.15, -0.1) is 0 Å². The van der Waals surface area contributed by atoms with Gasteiger partial charge in [0.25, 0.3) is 0 Å². The molecule has 108 valence electrons. The van der Waals surface area contributed by atoms with Crippen molar-refractivity contribution in [2.24, 2.45) is 5.84 Å². The third kappa shape index (κ3) is 3.95. The lowest BCUT2D eigenvalue weighted by Crippen LogP contribution is -2.39. The Morgan fingerprint density at radius 3 is 2.58 bits per heavy atom. The number of hydrogen-bond acceptors (Lipinski definition) is 3. The van der Waals surface area contributed by atoms with Crippen LogP contribution >= 0.6 is 15.9 Å². The van der Waals surface area contributed by atoms with Gasteiger partial charge in [-0.1, -0.05) is 13.3 Å². The van der Waals surface area contributed by atoms with Crippen LogP contribution in [-0.2, 0) is 4.74 Å². The molecule has 0 bridgehead atoms.